The quantitative estimate of drug-likeness (QED) is 0.414. The van der Waals surface area contributed by atoms with Gasteiger partial charge >= 0.3 is 0 Å². The first-order valence-corrected chi connectivity index (χ1v) is 3.61. The molecule has 1 aromatic rings. The van der Waals surface area contributed by atoms with Gasteiger partial charge in [-0.2, -0.15) is 0 Å². The summed E-state index contributed by atoms with van der Waals surface area (Å²) >= 11 is 0. The van der Waals surface area contributed by atoms with Gasteiger partial charge in [-0.15, -0.1) is 0 Å². The van der Waals surface area contributed by atoms with E-state index < -0.39 is 0 Å². The molecule has 0 saturated heterocycles. The van der Waals surface area contributed by atoms with Gasteiger partial charge < -0.3 is 5.11 Å². The highest BCUT2D eigenvalue weighted by atomic mass is 16.2. The lowest BCUT2D eigenvalue weighted by molar-refractivity contribution is 0.299. The second-order valence-electron chi connectivity index (χ2n) is 2.33. The summed E-state index contributed by atoms with van der Waals surface area (Å²) in [4.78, 5) is 2.66. The molecule has 1 aromatic carbocycles. The lowest BCUT2D eigenvalue weighted by Crippen LogP contribution is -1.88. The van der Waals surface area contributed by atoms with Gasteiger partial charge in [0.15, 0.2) is 0 Å². The molecule has 0 aliphatic carbocycles. The summed E-state index contributed by atoms with van der Waals surface area (Å²) in [6.45, 7) is 0.140. The van der Waals surface area contributed by atoms with Crippen LogP contribution in [0, 0.1) is 0 Å². The first kappa shape index (κ1) is 8.59. The van der Waals surface area contributed by atoms with Crippen molar-refractivity contribution < 1.29 is 5.11 Å². The van der Waals surface area contributed by atoms with Crippen LogP contribution in [0.2, 0.25) is 0 Å². The molecule has 0 atom stereocenters. The van der Waals surface area contributed by atoms with Gasteiger partial charge in [-0.3, -0.25) is 0 Å². The van der Waals surface area contributed by atoms with Crippen LogP contribution in [0.15, 0.2) is 29.4 Å². The predicted octanol–water partition coefficient (Wildman–Crippen LogP) is 2.16. The average molecular weight is 163 g/mol. The number of aliphatic hydroxyl groups is 1. The minimum absolute atomic E-state index is 0.140. The number of rotatable bonds is 3. The van der Waals surface area contributed by atoms with Crippen molar-refractivity contribution >= 4 is 5.69 Å². The third kappa shape index (κ3) is 2.27. The number of hydrogen-bond acceptors (Lipinski definition) is 2. The first-order chi connectivity index (χ1) is 5.86. The molecule has 0 aliphatic heterocycles. The molecule has 4 nitrogen and oxygen atoms in total. The van der Waals surface area contributed by atoms with Gasteiger partial charge in [0, 0.05) is 17.2 Å². The zero-order valence-corrected chi connectivity index (χ0v) is 6.51. The largest absolute Gasteiger partial charge is 0.396 e. The standard InChI is InChI=1S/C8H9N3O/c9-11-10-8-3-1-7(2-4-8)5-6-12/h1-4,12H,5-6H2. The van der Waals surface area contributed by atoms with Gasteiger partial charge in [-0.05, 0) is 17.5 Å². The molecule has 12 heavy (non-hydrogen) atoms. The SMILES string of the molecule is [N-]=[N+]=Nc1ccc(CCO)cc1. The van der Waals surface area contributed by atoms with Gasteiger partial charge in [-0.25, -0.2) is 0 Å². The molecule has 0 bridgehead atoms. The second kappa shape index (κ2) is 4.38. The van der Waals surface area contributed by atoms with Crippen molar-refractivity contribution in [3.05, 3.63) is 40.3 Å². The van der Waals surface area contributed by atoms with E-state index in [9.17, 15) is 0 Å². The molecule has 0 saturated carbocycles. The van der Waals surface area contributed by atoms with Crippen LogP contribution in [0.3, 0.4) is 0 Å². The molecule has 62 valence electrons. The van der Waals surface area contributed by atoms with Crippen molar-refractivity contribution in [3.8, 4) is 0 Å². The second-order valence-corrected chi connectivity index (χ2v) is 2.33. The molecule has 0 aliphatic rings. The molecule has 4 heteroatoms. The molecule has 0 unspecified atom stereocenters. The minimum Gasteiger partial charge on any atom is -0.396 e. The van der Waals surface area contributed by atoms with E-state index in [-0.39, 0.29) is 6.61 Å². The van der Waals surface area contributed by atoms with Gasteiger partial charge in [0.25, 0.3) is 0 Å². The summed E-state index contributed by atoms with van der Waals surface area (Å²) in [6, 6.07) is 7.12. The highest BCUT2D eigenvalue weighted by molar-refractivity contribution is 5.38. The smallest absolute Gasteiger partial charge is 0.0471 e. The highest BCUT2D eigenvalue weighted by Crippen LogP contribution is 2.12. The third-order valence-corrected chi connectivity index (χ3v) is 1.50. The summed E-state index contributed by atoms with van der Waals surface area (Å²) < 4.78 is 0. The van der Waals surface area contributed by atoms with E-state index >= 15 is 0 Å². The number of aliphatic hydroxyl groups excluding tert-OH is 1. The van der Waals surface area contributed by atoms with Crippen LogP contribution in [0.5, 0.6) is 0 Å². The monoisotopic (exact) mass is 163 g/mol. The molecule has 1 rings (SSSR count). The molecule has 0 fully saturated rings. The number of benzene rings is 1. The summed E-state index contributed by atoms with van der Waals surface area (Å²) in [5.74, 6) is 0. The average Bonchev–Trinajstić information content (AvgIpc) is 2.09. The van der Waals surface area contributed by atoms with E-state index in [1.807, 2.05) is 12.1 Å². The van der Waals surface area contributed by atoms with Crippen molar-refractivity contribution in [2.75, 3.05) is 6.61 Å². The summed E-state index contributed by atoms with van der Waals surface area (Å²) in [6.07, 6.45) is 0.635. The molecule has 0 spiro atoms. The summed E-state index contributed by atoms with van der Waals surface area (Å²) in [5.41, 5.74) is 9.74. The molecular formula is C8H9N3O. The zero-order valence-electron chi connectivity index (χ0n) is 6.51. The van der Waals surface area contributed by atoms with Crippen molar-refractivity contribution in [3.63, 3.8) is 0 Å². The lowest BCUT2D eigenvalue weighted by Gasteiger charge is -1.96. The molecule has 0 amide bonds. The number of nitrogens with zero attached hydrogens (tertiary/aromatic N) is 3. The maximum absolute atomic E-state index is 8.61. The van der Waals surface area contributed by atoms with Crippen molar-refractivity contribution in [2.24, 2.45) is 5.11 Å². The Bertz CT molecular complexity index is 288. The van der Waals surface area contributed by atoms with Gasteiger partial charge in [0.2, 0.25) is 0 Å². The van der Waals surface area contributed by atoms with Crippen LogP contribution in [-0.2, 0) is 6.42 Å². The predicted molar refractivity (Wildman–Crippen MR) is 46.0 cm³/mol. The van der Waals surface area contributed by atoms with Crippen LogP contribution in [0.4, 0.5) is 5.69 Å². The maximum atomic E-state index is 8.61. The normalized spacial score (nSPS) is 9.08. The van der Waals surface area contributed by atoms with E-state index in [1.165, 1.54) is 0 Å². The molecular weight excluding hydrogens is 154 g/mol. The maximum Gasteiger partial charge on any atom is 0.0471 e. The summed E-state index contributed by atoms with van der Waals surface area (Å²) in [7, 11) is 0. The Morgan fingerprint density at radius 3 is 2.50 bits per heavy atom. The van der Waals surface area contributed by atoms with Gasteiger partial charge in [-0.1, -0.05) is 29.4 Å². The van der Waals surface area contributed by atoms with Crippen molar-refractivity contribution in [1.82, 2.24) is 0 Å². The van der Waals surface area contributed by atoms with Crippen molar-refractivity contribution in [1.29, 1.82) is 0 Å². The van der Waals surface area contributed by atoms with E-state index in [2.05, 4.69) is 10.0 Å². The minimum atomic E-state index is 0.140. The number of azide groups is 1. The van der Waals surface area contributed by atoms with Crippen LogP contribution in [0.1, 0.15) is 5.56 Å². The van der Waals surface area contributed by atoms with Crippen LogP contribution in [-0.4, -0.2) is 11.7 Å². The first-order valence-electron chi connectivity index (χ1n) is 3.61. The lowest BCUT2D eigenvalue weighted by atomic mass is 10.1. The molecule has 0 radical (unpaired) electrons. The Morgan fingerprint density at radius 1 is 1.33 bits per heavy atom. The highest BCUT2D eigenvalue weighted by Gasteiger charge is 1.90. The van der Waals surface area contributed by atoms with E-state index in [4.69, 9.17) is 10.6 Å². The fourth-order valence-electron chi connectivity index (χ4n) is 0.910. The fourth-order valence-corrected chi connectivity index (χ4v) is 0.910. The van der Waals surface area contributed by atoms with Gasteiger partial charge in [0.05, 0.1) is 0 Å². The Kier molecular flexibility index (Phi) is 3.14. The van der Waals surface area contributed by atoms with E-state index in [0.717, 1.165) is 5.56 Å². The Balaban J connectivity index is 2.77. The van der Waals surface area contributed by atoms with Crippen LogP contribution >= 0.6 is 0 Å². The Morgan fingerprint density at radius 2 is 2.00 bits per heavy atom. The third-order valence-electron chi connectivity index (χ3n) is 1.50. The molecule has 1 N–H and O–H groups in total. The van der Waals surface area contributed by atoms with Crippen LogP contribution in [0.25, 0.3) is 10.4 Å². The zero-order chi connectivity index (χ0) is 8.81. The number of hydrogen-bond donors (Lipinski definition) is 1. The Hall–Kier alpha value is -1.51. The fraction of sp³-hybridized carbons (Fsp3) is 0.250. The topological polar surface area (TPSA) is 69.0 Å². The Labute approximate surface area is 70.1 Å². The van der Waals surface area contributed by atoms with Crippen LogP contribution < -0.4 is 0 Å². The summed E-state index contributed by atoms with van der Waals surface area (Å²) in [5, 5.41) is 12.0. The molecule has 0 heterocycles. The van der Waals surface area contributed by atoms with E-state index in [1.54, 1.807) is 12.1 Å². The molecule has 0 aromatic heterocycles. The van der Waals surface area contributed by atoms with E-state index in [0.29, 0.717) is 12.1 Å². The van der Waals surface area contributed by atoms with Crippen molar-refractivity contribution in [2.45, 2.75) is 6.42 Å². The van der Waals surface area contributed by atoms with Gasteiger partial charge in [0.1, 0.15) is 0 Å².